The fraction of sp³-hybridized carbons (Fsp3) is 0.533. The van der Waals surface area contributed by atoms with Gasteiger partial charge in [0, 0.05) is 19.8 Å². The zero-order valence-electron chi connectivity index (χ0n) is 11.4. The highest BCUT2D eigenvalue weighted by molar-refractivity contribution is 5.79. The molecule has 1 saturated carbocycles. The molecule has 0 spiro atoms. The smallest absolute Gasteiger partial charge is 0.201 e. The largest absolute Gasteiger partial charge is 0.381 e. The van der Waals surface area contributed by atoms with Crippen molar-refractivity contribution < 1.29 is 4.74 Å². The van der Waals surface area contributed by atoms with Crippen molar-refractivity contribution in [2.45, 2.75) is 32.7 Å². The first-order chi connectivity index (χ1) is 9.24. The van der Waals surface area contributed by atoms with Gasteiger partial charge in [-0.05, 0) is 49.8 Å². The van der Waals surface area contributed by atoms with E-state index in [1.165, 1.54) is 18.4 Å². The van der Waals surface area contributed by atoms with Crippen molar-refractivity contribution in [2.24, 2.45) is 5.92 Å². The number of rotatable bonds is 6. The molecule has 2 aromatic rings. The van der Waals surface area contributed by atoms with Gasteiger partial charge in [0.15, 0.2) is 0 Å². The van der Waals surface area contributed by atoms with Crippen molar-refractivity contribution in [3.05, 3.63) is 23.8 Å². The molecule has 102 valence electrons. The summed E-state index contributed by atoms with van der Waals surface area (Å²) < 4.78 is 7.73. The fourth-order valence-corrected chi connectivity index (χ4v) is 2.35. The Morgan fingerprint density at radius 3 is 3.05 bits per heavy atom. The van der Waals surface area contributed by atoms with Crippen LogP contribution in [0.5, 0.6) is 0 Å². The third-order valence-corrected chi connectivity index (χ3v) is 3.65. The summed E-state index contributed by atoms with van der Waals surface area (Å²) in [5.41, 5.74) is 9.30. The van der Waals surface area contributed by atoms with Gasteiger partial charge in [0.2, 0.25) is 5.95 Å². The normalized spacial score (nSPS) is 15.2. The predicted octanol–water partition coefficient (Wildman–Crippen LogP) is 2.74. The van der Waals surface area contributed by atoms with Gasteiger partial charge in [0.25, 0.3) is 0 Å². The van der Waals surface area contributed by atoms with Crippen molar-refractivity contribution in [3.8, 4) is 0 Å². The number of anilines is 1. The number of nitrogens with two attached hydrogens (primary N) is 1. The van der Waals surface area contributed by atoms with Gasteiger partial charge in [-0.2, -0.15) is 0 Å². The Bertz CT molecular complexity index is 572. The number of nitrogens with zero attached hydrogens (tertiary/aromatic N) is 2. The quantitative estimate of drug-likeness (QED) is 0.812. The average molecular weight is 259 g/mol. The SMILES string of the molecule is Cc1ccc2c(c1)nc(N)n2CCCOCC1CC1. The standard InChI is InChI=1S/C15H21N3O/c1-11-3-6-14-13(9-11)17-15(16)18(14)7-2-8-19-10-12-4-5-12/h3,6,9,12H,2,4-5,7-8,10H2,1H3,(H2,16,17). The summed E-state index contributed by atoms with van der Waals surface area (Å²) in [5, 5.41) is 0. The molecule has 0 saturated heterocycles. The third-order valence-electron chi connectivity index (χ3n) is 3.65. The highest BCUT2D eigenvalue weighted by atomic mass is 16.5. The van der Waals surface area contributed by atoms with E-state index in [1.807, 2.05) is 0 Å². The van der Waals surface area contributed by atoms with E-state index >= 15 is 0 Å². The van der Waals surface area contributed by atoms with Gasteiger partial charge in [-0.25, -0.2) is 4.98 Å². The lowest BCUT2D eigenvalue weighted by Gasteiger charge is -2.07. The van der Waals surface area contributed by atoms with Crippen LogP contribution in [0.2, 0.25) is 0 Å². The molecule has 0 atom stereocenters. The van der Waals surface area contributed by atoms with E-state index in [0.717, 1.165) is 43.1 Å². The maximum absolute atomic E-state index is 5.99. The lowest BCUT2D eigenvalue weighted by Crippen LogP contribution is -2.07. The Morgan fingerprint density at radius 2 is 2.26 bits per heavy atom. The molecule has 1 fully saturated rings. The molecule has 1 aliphatic carbocycles. The molecular weight excluding hydrogens is 238 g/mol. The van der Waals surface area contributed by atoms with Gasteiger partial charge >= 0.3 is 0 Å². The van der Waals surface area contributed by atoms with Crippen LogP contribution in [0.4, 0.5) is 5.95 Å². The van der Waals surface area contributed by atoms with Crippen LogP contribution in [0.25, 0.3) is 11.0 Å². The Balaban J connectivity index is 1.61. The molecule has 1 aliphatic rings. The van der Waals surface area contributed by atoms with Crippen LogP contribution >= 0.6 is 0 Å². The number of aryl methyl sites for hydroxylation is 2. The molecule has 4 nitrogen and oxygen atoms in total. The molecule has 1 aromatic carbocycles. The molecule has 0 amide bonds. The third kappa shape index (κ3) is 2.89. The number of nitrogen functional groups attached to an aromatic ring is 1. The molecule has 0 unspecified atom stereocenters. The van der Waals surface area contributed by atoms with E-state index in [2.05, 4.69) is 34.7 Å². The molecule has 0 bridgehead atoms. The zero-order valence-corrected chi connectivity index (χ0v) is 11.4. The highest BCUT2D eigenvalue weighted by Gasteiger charge is 2.20. The van der Waals surface area contributed by atoms with Gasteiger partial charge < -0.3 is 15.0 Å². The topological polar surface area (TPSA) is 53.1 Å². The number of aromatic nitrogens is 2. The van der Waals surface area contributed by atoms with Crippen molar-refractivity contribution in [1.29, 1.82) is 0 Å². The lowest BCUT2D eigenvalue weighted by atomic mass is 10.2. The van der Waals surface area contributed by atoms with Crippen LogP contribution in [0, 0.1) is 12.8 Å². The molecule has 0 aliphatic heterocycles. The number of hydrogen-bond donors (Lipinski definition) is 1. The van der Waals surface area contributed by atoms with Crippen LogP contribution < -0.4 is 5.73 Å². The van der Waals surface area contributed by atoms with Crippen LogP contribution in [-0.4, -0.2) is 22.8 Å². The molecule has 0 radical (unpaired) electrons. The summed E-state index contributed by atoms with van der Waals surface area (Å²) in [6, 6.07) is 6.27. The van der Waals surface area contributed by atoms with Crippen LogP contribution in [0.1, 0.15) is 24.8 Å². The lowest BCUT2D eigenvalue weighted by molar-refractivity contribution is 0.119. The Hall–Kier alpha value is -1.55. The summed E-state index contributed by atoms with van der Waals surface area (Å²) in [4.78, 5) is 4.41. The van der Waals surface area contributed by atoms with Gasteiger partial charge in [0.1, 0.15) is 0 Å². The van der Waals surface area contributed by atoms with Crippen LogP contribution in [-0.2, 0) is 11.3 Å². The Kier molecular flexibility index (Phi) is 3.42. The average Bonchev–Trinajstić information content (AvgIpc) is 3.14. The minimum atomic E-state index is 0.600. The highest BCUT2D eigenvalue weighted by Crippen LogP contribution is 2.28. The van der Waals surface area contributed by atoms with Gasteiger partial charge in [-0.1, -0.05) is 6.07 Å². The van der Waals surface area contributed by atoms with Crippen LogP contribution in [0.15, 0.2) is 18.2 Å². The maximum Gasteiger partial charge on any atom is 0.201 e. The summed E-state index contributed by atoms with van der Waals surface area (Å²) >= 11 is 0. The van der Waals surface area contributed by atoms with Crippen molar-refractivity contribution >= 4 is 17.0 Å². The number of ether oxygens (including phenoxy) is 1. The molecule has 3 rings (SSSR count). The second kappa shape index (κ2) is 5.21. The van der Waals surface area contributed by atoms with Crippen LogP contribution in [0.3, 0.4) is 0 Å². The summed E-state index contributed by atoms with van der Waals surface area (Å²) in [7, 11) is 0. The second-order valence-corrected chi connectivity index (χ2v) is 5.49. The minimum Gasteiger partial charge on any atom is -0.381 e. The molecule has 4 heteroatoms. The van der Waals surface area contributed by atoms with Crippen molar-refractivity contribution in [2.75, 3.05) is 18.9 Å². The summed E-state index contributed by atoms with van der Waals surface area (Å²) in [5.74, 6) is 1.44. The zero-order chi connectivity index (χ0) is 13.2. The minimum absolute atomic E-state index is 0.600. The molecular formula is C15H21N3O. The first kappa shape index (κ1) is 12.5. The van der Waals surface area contributed by atoms with E-state index in [4.69, 9.17) is 10.5 Å². The molecule has 1 heterocycles. The Labute approximate surface area is 113 Å². The van der Waals surface area contributed by atoms with Gasteiger partial charge in [-0.3, -0.25) is 0 Å². The van der Waals surface area contributed by atoms with E-state index in [1.54, 1.807) is 0 Å². The molecule has 19 heavy (non-hydrogen) atoms. The second-order valence-electron chi connectivity index (χ2n) is 5.49. The number of fused-ring (bicyclic) bond motifs is 1. The van der Waals surface area contributed by atoms with Crippen molar-refractivity contribution in [1.82, 2.24) is 9.55 Å². The number of benzene rings is 1. The van der Waals surface area contributed by atoms with E-state index in [0.29, 0.717) is 5.95 Å². The summed E-state index contributed by atoms with van der Waals surface area (Å²) in [6.45, 7) is 4.68. The molecule has 2 N–H and O–H groups in total. The van der Waals surface area contributed by atoms with Gasteiger partial charge in [0.05, 0.1) is 11.0 Å². The number of imidazole rings is 1. The van der Waals surface area contributed by atoms with Gasteiger partial charge in [-0.15, -0.1) is 0 Å². The van der Waals surface area contributed by atoms with E-state index in [-0.39, 0.29) is 0 Å². The van der Waals surface area contributed by atoms with E-state index in [9.17, 15) is 0 Å². The fourth-order valence-electron chi connectivity index (χ4n) is 2.35. The molecule has 1 aromatic heterocycles. The summed E-state index contributed by atoms with van der Waals surface area (Å²) in [6.07, 6.45) is 3.67. The maximum atomic E-state index is 5.99. The number of hydrogen-bond acceptors (Lipinski definition) is 3. The Morgan fingerprint density at radius 1 is 1.42 bits per heavy atom. The monoisotopic (exact) mass is 259 g/mol. The predicted molar refractivity (Wildman–Crippen MR) is 77.0 cm³/mol. The first-order valence-electron chi connectivity index (χ1n) is 7.04. The van der Waals surface area contributed by atoms with E-state index < -0.39 is 0 Å². The van der Waals surface area contributed by atoms with Crippen molar-refractivity contribution in [3.63, 3.8) is 0 Å². The first-order valence-corrected chi connectivity index (χ1v) is 7.04.